The summed E-state index contributed by atoms with van der Waals surface area (Å²) in [7, 11) is -3.87. The molecule has 7 heteroatoms. The number of para-hydroxylation sites is 2. The Morgan fingerprint density at radius 2 is 2.00 bits per heavy atom. The summed E-state index contributed by atoms with van der Waals surface area (Å²) < 4.78 is 45.2. The molecular formula is C15H13FN2O3S. The topological polar surface area (TPSA) is 61.2 Å². The smallest absolute Gasteiger partial charge is 0.269 e. The summed E-state index contributed by atoms with van der Waals surface area (Å²) in [6.45, 7) is 1.94. The van der Waals surface area contributed by atoms with E-state index in [1.54, 1.807) is 31.2 Å². The number of ether oxygens (including phenoxy) is 1. The van der Waals surface area contributed by atoms with Crippen LogP contribution in [0, 0.1) is 5.82 Å². The van der Waals surface area contributed by atoms with Crippen LogP contribution in [0.4, 0.5) is 4.39 Å². The van der Waals surface area contributed by atoms with Gasteiger partial charge in [0.15, 0.2) is 11.6 Å². The summed E-state index contributed by atoms with van der Waals surface area (Å²) in [5.41, 5.74) is 1.03. The van der Waals surface area contributed by atoms with Crippen molar-refractivity contribution in [2.24, 2.45) is 0 Å². The van der Waals surface area contributed by atoms with Gasteiger partial charge in [-0.1, -0.05) is 12.1 Å². The predicted octanol–water partition coefficient (Wildman–Crippen LogP) is 2.81. The van der Waals surface area contributed by atoms with Crippen molar-refractivity contribution in [2.75, 3.05) is 6.61 Å². The highest BCUT2D eigenvalue weighted by Crippen LogP contribution is 2.25. The molecule has 0 saturated carbocycles. The van der Waals surface area contributed by atoms with Crippen molar-refractivity contribution in [3.8, 4) is 5.75 Å². The molecule has 0 aliphatic heterocycles. The summed E-state index contributed by atoms with van der Waals surface area (Å²) in [5.74, 6) is -0.690. The molecule has 5 nitrogen and oxygen atoms in total. The fourth-order valence-corrected chi connectivity index (χ4v) is 3.46. The lowest BCUT2D eigenvalue weighted by Crippen LogP contribution is -2.12. The Kier molecular flexibility index (Phi) is 3.58. The lowest BCUT2D eigenvalue weighted by atomic mass is 10.3. The Morgan fingerprint density at radius 3 is 2.77 bits per heavy atom. The molecule has 0 saturated heterocycles. The highest BCUT2D eigenvalue weighted by atomic mass is 32.2. The molecule has 0 unspecified atom stereocenters. The van der Waals surface area contributed by atoms with Crippen molar-refractivity contribution in [1.29, 1.82) is 0 Å². The van der Waals surface area contributed by atoms with Crippen LogP contribution in [0.3, 0.4) is 0 Å². The molecule has 0 spiro atoms. The van der Waals surface area contributed by atoms with Gasteiger partial charge in [0.05, 0.1) is 22.5 Å². The third kappa shape index (κ3) is 2.33. The van der Waals surface area contributed by atoms with Crippen molar-refractivity contribution in [1.82, 2.24) is 8.96 Å². The number of hydrogen-bond acceptors (Lipinski definition) is 4. The van der Waals surface area contributed by atoms with Crippen molar-refractivity contribution >= 4 is 21.1 Å². The van der Waals surface area contributed by atoms with Crippen molar-refractivity contribution in [2.45, 2.75) is 11.8 Å². The first-order valence-electron chi connectivity index (χ1n) is 6.64. The van der Waals surface area contributed by atoms with Crippen LogP contribution in [0.15, 0.2) is 53.7 Å². The van der Waals surface area contributed by atoms with Crippen molar-refractivity contribution < 1.29 is 17.5 Å². The first-order chi connectivity index (χ1) is 10.5. The second-order valence-corrected chi connectivity index (χ2v) is 6.37. The van der Waals surface area contributed by atoms with E-state index in [0.29, 0.717) is 11.0 Å². The van der Waals surface area contributed by atoms with Gasteiger partial charge in [-0.2, -0.15) is 0 Å². The van der Waals surface area contributed by atoms with Gasteiger partial charge in [0.25, 0.3) is 10.0 Å². The molecule has 0 aliphatic carbocycles. The average Bonchev–Trinajstić information content (AvgIpc) is 2.94. The van der Waals surface area contributed by atoms with Gasteiger partial charge in [-0.05, 0) is 31.2 Å². The van der Waals surface area contributed by atoms with E-state index in [-0.39, 0.29) is 17.3 Å². The third-order valence-corrected chi connectivity index (χ3v) is 4.84. The molecule has 22 heavy (non-hydrogen) atoms. The van der Waals surface area contributed by atoms with Gasteiger partial charge in [0, 0.05) is 6.07 Å². The Hall–Kier alpha value is -2.41. The van der Waals surface area contributed by atoms with Crippen LogP contribution in [0.1, 0.15) is 6.92 Å². The minimum Gasteiger partial charge on any atom is -0.491 e. The maximum atomic E-state index is 13.6. The predicted molar refractivity (Wildman–Crippen MR) is 79.9 cm³/mol. The molecule has 0 aliphatic rings. The van der Waals surface area contributed by atoms with Crippen LogP contribution < -0.4 is 4.74 Å². The number of benzene rings is 2. The maximum absolute atomic E-state index is 13.6. The number of nitrogens with zero attached hydrogens (tertiary/aromatic N) is 2. The van der Waals surface area contributed by atoms with E-state index in [1.807, 2.05) is 0 Å². The van der Waals surface area contributed by atoms with Gasteiger partial charge in [0.1, 0.15) is 6.33 Å². The fourth-order valence-electron chi connectivity index (χ4n) is 2.15. The van der Waals surface area contributed by atoms with Crippen LogP contribution in [-0.4, -0.2) is 24.0 Å². The SMILES string of the molecule is CCOc1cc(S(=O)(=O)n2cnc3ccccc32)ccc1F. The van der Waals surface area contributed by atoms with Gasteiger partial charge in [-0.15, -0.1) is 0 Å². The minimum atomic E-state index is -3.87. The average molecular weight is 320 g/mol. The fraction of sp³-hybridized carbons (Fsp3) is 0.133. The van der Waals surface area contributed by atoms with Gasteiger partial charge in [-0.3, -0.25) is 0 Å². The Balaban J connectivity index is 2.16. The number of rotatable bonds is 4. The van der Waals surface area contributed by atoms with Crippen LogP contribution >= 0.6 is 0 Å². The first kappa shape index (κ1) is 14.5. The van der Waals surface area contributed by atoms with Gasteiger partial charge >= 0.3 is 0 Å². The Morgan fingerprint density at radius 1 is 1.23 bits per heavy atom. The standard InChI is InChI=1S/C15H13FN2O3S/c1-2-21-15-9-11(7-8-12(15)16)22(19,20)18-10-17-13-5-3-4-6-14(13)18/h3-10H,2H2,1H3. The quantitative estimate of drug-likeness (QED) is 0.741. The van der Waals surface area contributed by atoms with Gasteiger partial charge < -0.3 is 4.74 Å². The Labute approximate surface area is 127 Å². The van der Waals surface area contributed by atoms with Crippen molar-refractivity contribution in [3.05, 3.63) is 54.6 Å². The second-order valence-electron chi connectivity index (χ2n) is 4.56. The van der Waals surface area contributed by atoms with Gasteiger partial charge in [0.2, 0.25) is 0 Å². The molecule has 3 aromatic rings. The molecule has 0 amide bonds. The summed E-state index contributed by atoms with van der Waals surface area (Å²) in [5, 5.41) is 0. The molecular weight excluding hydrogens is 307 g/mol. The number of aromatic nitrogens is 2. The van der Waals surface area contributed by atoms with Crippen molar-refractivity contribution in [3.63, 3.8) is 0 Å². The van der Waals surface area contributed by atoms with Crippen LogP contribution in [-0.2, 0) is 10.0 Å². The lowest BCUT2D eigenvalue weighted by Gasteiger charge is -2.09. The minimum absolute atomic E-state index is 0.0551. The zero-order chi connectivity index (χ0) is 15.7. The van der Waals surface area contributed by atoms with Gasteiger partial charge in [-0.25, -0.2) is 21.8 Å². The largest absolute Gasteiger partial charge is 0.491 e. The summed E-state index contributed by atoms with van der Waals surface area (Å²) in [6.07, 6.45) is 1.24. The molecule has 0 N–H and O–H groups in total. The van der Waals surface area contributed by atoms with E-state index in [1.165, 1.54) is 18.5 Å². The molecule has 0 bridgehead atoms. The van der Waals surface area contributed by atoms with Crippen LogP contribution in [0.5, 0.6) is 5.75 Å². The third-order valence-electron chi connectivity index (χ3n) is 3.18. The normalized spacial score (nSPS) is 11.7. The zero-order valence-corrected chi connectivity index (χ0v) is 12.5. The summed E-state index contributed by atoms with van der Waals surface area (Å²) in [4.78, 5) is 4.01. The number of halogens is 1. The molecule has 0 atom stereocenters. The second kappa shape index (κ2) is 5.42. The highest BCUT2D eigenvalue weighted by Gasteiger charge is 2.21. The van der Waals surface area contributed by atoms with E-state index >= 15 is 0 Å². The number of fused-ring (bicyclic) bond motifs is 1. The first-order valence-corrected chi connectivity index (χ1v) is 8.08. The maximum Gasteiger partial charge on any atom is 0.269 e. The number of imidazole rings is 1. The molecule has 114 valence electrons. The van der Waals surface area contributed by atoms with E-state index in [0.717, 1.165) is 10.0 Å². The van der Waals surface area contributed by atoms with E-state index in [9.17, 15) is 12.8 Å². The van der Waals surface area contributed by atoms with E-state index in [4.69, 9.17) is 4.74 Å². The van der Waals surface area contributed by atoms with Crippen LogP contribution in [0.25, 0.3) is 11.0 Å². The molecule has 0 radical (unpaired) electrons. The molecule has 2 aromatic carbocycles. The highest BCUT2D eigenvalue weighted by molar-refractivity contribution is 7.90. The summed E-state index contributed by atoms with van der Waals surface area (Å²) >= 11 is 0. The molecule has 1 aromatic heterocycles. The zero-order valence-electron chi connectivity index (χ0n) is 11.7. The number of hydrogen-bond donors (Lipinski definition) is 0. The van der Waals surface area contributed by atoms with E-state index < -0.39 is 15.8 Å². The van der Waals surface area contributed by atoms with E-state index in [2.05, 4.69) is 4.98 Å². The molecule has 3 rings (SSSR count). The molecule has 0 fully saturated rings. The lowest BCUT2D eigenvalue weighted by molar-refractivity contribution is 0.320. The summed E-state index contributed by atoms with van der Waals surface area (Å²) in [6, 6.07) is 10.4. The molecule has 1 heterocycles. The van der Waals surface area contributed by atoms with Crippen LogP contribution in [0.2, 0.25) is 0 Å². The Bertz CT molecular complexity index is 935. The monoisotopic (exact) mass is 320 g/mol.